The maximum absolute atomic E-state index is 12.3. The first-order chi connectivity index (χ1) is 12.6. The van der Waals surface area contributed by atoms with Crippen molar-refractivity contribution < 1.29 is 9.53 Å². The van der Waals surface area contributed by atoms with Crippen molar-refractivity contribution in [1.29, 1.82) is 0 Å². The number of hydrogen-bond donors (Lipinski definition) is 1. The van der Waals surface area contributed by atoms with Crippen LogP contribution < -0.4 is 5.43 Å². The van der Waals surface area contributed by atoms with Gasteiger partial charge in [-0.2, -0.15) is 10.2 Å². The van der Waals surface area contributed by atoms with Crippen molar-refractivity contribution in [3.05, 3.63) is 53.9 Å². The lowest BCUT2D eigenvalue weighted by atomic mass is 10.2. The van der Waals surface area contributed by atoms with Crippen molar-refractivity contribution >= 4 is 28.4 Å². The highest BCUT2D eigenvalue weighted by molar-refractivity contribution is 6.04. The molecule has 0 aliphatic heterocycles. The van der Waals surface area contributed by atoms with Crippen LogP contribution in [0.15, 0.2) is 47.8 Å². The second-order valence-corrected chi connectivity index (χ2v) is 5.96. The van der Waals surface area contributed by atoms with E-state index in [1.54, 1.807) is 17.8 Å². The van der Waals surface area contributed by atoms with Crippen LogP contribution in [0.4, 0.5) is 5.69 Å². The summed E-state index contributed by atoms with van der Waals surface area (Å²) >= 11 is 0. The van der Waals surface area contributed by atoms with Gasteiger partial charge in [0.2, 0.25) is 0 Å². The van der Waals surface area contributed by atoms with Crippen LogP contribution in [0.3, 0.4) is 0 Å². The number of rotatable bonds is 6. The molecular weight excluding hydrogens is 330 g/mol. The van der Waals surface area contributed by atoms with E-state index in [2.05, 4.69) is 20.6 Å². The van der Waals surface area contributed by atoms with Gasteiger partial charge < -0.3 is 4.74 Å². The third-order valence-electron chi connectivity index (χ3n) is 3.73. The third kappa shape index (κ3) is 3.72. The minimum Gasteiger partial charge on any atom is -0.462 e. The molecule has 0 aliphatic rings. The van der Waals surface area contributed by atoms with Crippen LogP contribution in [-0.2, 0) is 11.3 Å². The van der Waals surface area contributed by atoms with Crippen LogP contribution >= 0.6 is 0 Å². The molecule has 0 atom stereocenters. The Balaban J connectivity index is 2.06. The van der Waals surface area contributed by atoms with E-state index in [9.17, 15) is 4.79 Å². The number of fused-ring (bicyclic) bond motifs is 1. The van der Waals surface area contributed by atoms with Crippen LogP contribution in [0.1, 0.15) is 36.7 Å². The Morgan fingerprint density at radius 1 is 1.23 bits per heavy atom. The molecule has 1 aromatic carbocycles. The number of carbonyl (C=O) groups is 1. The summed E-state index contributed by atoms with van der Waals surface area (Å²) in [5.74, 6) is -0.441. The van der Waals surface area contributed by atoms with E-state index in [1.165, 1.54) is 6.20 Å². The highest BCUT2D eigenvalue weighted by Gasteiger charge is 2.19. The smallest absolute Gasteiger partial charge is 0.341 e. The number of carbonyl (C=O) groups excluding carboxylic acids is 1. The fraction of sp³-hybridized carbons (Fsp3) is 0.263. The van der Waals surface area contributed by atoms with Crippen LogP contribution in [0, 0.1) is 0 Å². The molecule has 7 nitrogen and oxygen atoms in total. The van der Waals surface area contributed by atoms with E-state index in [4.69, 9.17) is 4.74 Å². The van der Waals surface area contributed by atoms with Gasteiger partial charge in [0.15, 0.2) is 5.65 Å². The minimum atomic E-state index is -0.441. The predicted octanol–water partition coefficient (Wildman–Crippen LogP) is 3.46. The quantitative estimate of drug-likeness (QED) is 0.418. The maximum Gasteiger partial charge on any atom is 0.341 e. The van der Waals surface area contributed by atoms with Crippen molar-refractivity contribution in [1.82, 2.24) is 14.8 Å². The number of esters is 1. The second-order valence-electron chi connectivity index (χ2n) is 5.96. The number of hydrazone groups is 1. The average molecular weight is 351 g/mol. The molecule has 0 aliphatic carbocycles. The molecule has 0 bridgehead atoms. The third-order valence-corrected chi connectivity index (χ3v) is 3.73. The lowest BCUT2D eigenvalue weighted by Crippen LogP contribution is -2.10. The molecule has 2 heterocycles. The van der Waals surface area contributed by atoms with Crippen molar-refractivity contribution in [2.45, 2.75) is 27.3 Å². The summed E-state index contributed by atoms with van der Waals surface area (Å²) in [5, 5.41) is 9.39. The summed E-state index contributed by atoms with van der Waals surface area (Å²) in [5.41, 5.74) is 6.48. The van der Waals surface area contributed by atoms with Crippen LogP contribution in [0.25, 0.3) is 11.0 Å². The summed E-state index contributed by atoms with van der Waals surface area (Å²) < 4.78 is 6.93. The zero-order chi connectivity index (χ0) is 18.5. The molecule has 3 rings (SSSR count). The number of benzene rings is 1. The normalized spacial score (nSPS) is 10.6. The van der Waals surface area contributed by atoms with Gasteiger partial charge in [-0.15, -0.1) is 0 Å². The zero-order valence-electron chi connectivity index (χ0n) is 15.1. The lowest BCUT2D eigenvalue weighted by molar-refractivity contribution is 0.0527. The highest BCUT2D eigenvalue weighted by Crippen LogP contribution is 2.27. The van der Waals surface area contributed by atoms with Crippen molar-refractivity contribution in [2.24, 2.45) is 5.10 Å². The molecular formula is C19H21N5O2. The molecule has 0 saturated heterocycles. The molecule has 3 aromatic rings. The fourth-order valence-corrected chi connectivity index (χ4v) is 2.55. The molecule has 7 heteroatoms. The average Bonchev–Trinajstić information content (AvgIpc) is 3.03. The molecule has 0 spiro atoms. The van der Waals surface area contributed by atoms with Gasteiger partial charge in [-0.1, -0.05) is 30.3 Å². The van der Waals surface area contributed by atoms with Crippen molar-refractivity contribution in [2.75, 3.05) is 12.0 Å². The Kier molecular flexibility index (Phi) is 5.26. The summed E-state index contributed by atoms with van der Waals surface area (Å²) in [6.07, 6.45) is 3.20. The Morgan fingerprint density at radius 3 is 2.69 bits per heavy atom. The molecule has 0 fully saturated rings. The summed E-state index contributed by atoms with van der Waals surface area (Å²) in [4.78, 5) is 16.7. The van der Waals surface area contributed by atoms with E-state index in [0.717, 1.165) is 16.7 Å². The summed E-state index contributed by atoms with van der Waals surface area (Å²) in [6, 6.07) is 10.0. The first kappa shape index (κ1) is 17.6. The maximum atomic E-state index is 12.3. The van der Waals surface area contributed by atoms with Crippen LogP contribution in [0.2, 0.25) is 0 Å². The highest BCUT2D eigenvalue weighted by atomic mass is 16.5. The molecule has 0 unspecified atom stereocenters. The van der Waals surface area contributed by atoms with Gasteiger partial charge in [0.25, 0.3) is 0 Å². The molecule has 26 heavy (non-hydrogen) atoms. The van der Waals surface area contributed by atoms with E-state index >= 15 is 0 Å². The topological polar surface area (TPSA) is 81.4 Å². The van der Waals surface area contributed by atoms with Gasteiger partial charge in [0.1, 0.15) is 5.56 Å². The Hall–Kier alpha value is -3.22. The fourth-order valence-electron chi connectivity index (χ4n) is 2.55. The SMILES string of the molecule is CCOC(=O)c1cnc2c(cnn2Cc2ccccc2)c1NN=C(C)C. The first-order valence-corrected chi connectivity index (χ1v) is 8.42. The number of nitrogens with one attached hydrogen (secondary N) is 1. The standard InChI is InChI=1S/C19H21N5O2/c1-4-26-19(25)16-10-20-18-15(17(16)23-22-13(2)3)11-21-24(18)12-14-8-6-5-7-9-14/h5-11H,4,12H2,1-3H3,(H,20,23). The van der Waals surface area contributed by atoms with Gasteiger partial charge in [0.05, 0.1) is 30.4 Å². The van der Waals surface area contributed by atoms with Gasteiger partial charge in [0, 0.05) is 11.9 Å². The largest absolute Gasteiger partial charge is 0.462 e. The van der Waals surface area contributed by atoms with Crippen molar-refractivity contribution in [3.63, 3.8) is 0 Å². The van der Waals surface area contributed by atoms with E-state index in [0.29, 0.717) is 30.0 Å². The molecule has 0 amide bonds. The van der Waals surface area contributed by atoms with Gasteiger partial charge in [-0.3, -0.25) is 5.43 Å². The number of pyridine rings is 1. The second kappa shape index (κ2) is 7.77. The van der Waals surface area contributed by atoms with Gasteiger partial charge >= 0.3 is 5.97 Å². The van der Waals surface area contributed by atoms with E-state index < -0.39 is 5.97 Å². The first-order valence-electron chi connectivity index (χ1n) is 8.42. The Morgan fingerprint density at radius 2 is 2.00 bits per heavy atom. The molecule has 2 aromatic heterocycles. The number of nitrogens with zero attached hydrogens (tertiary/aromatic N) is 4. The molecule has 0 radical (unpaired) electrons. The van der Waals surface area contributed by atoms with E-state index in [-0.39, 0.29) is 0 Å². The number of ether oxygens (including phenoxy) is 1. The van der Waals surface area contributed by atoms with E-state index in [1.807, 2.05) is 44.2 Å². The minimum absolute atomic E-state index is 0.291. The number of hydrogen-bond acceptors (Lipinski definition) is 6. The summed E-state index contributed by atoms with van der Waals surface area (Å²) in [6.45, 7) is 6.39. The van der Waals surface area contributed by atoms with Gasteiger partial charge in [-0.05, 0) is 26.3 Å². The van der Waals surface area contributed by atoms with Crippen LogP contribution in [0.5, 0.6) is 0 Å². The Bertz CT molecular complexity index is 943. The molecule has 1 N–H and O–H groups in total. The molecule has 0 saturated carbocycles. The lowest BCUT2D eigenvalue weighted by Gasteiger charge is -2.10. The predicted molar refractivity (Wildman–Crippen MR) is 101 cm³/mol. The number of anilines is 1. The monoisotopic (exact) mass is 351 g/mol. The summed E-state index contributed by atoms with van der Waals surface area (Å²) in [7, 11) is 0. The van der Waals surface area contributed by atoms with Gasteiger partial charge in [-0.25, -0.2) is 14.5 Å². The Labute approximate surface area is 151 Å². The van der Waals surface area contributed by atoms with Crippen LogP contribution in [-0.4, -0.2) is 33.1 Å². The van der Waals surface area contributed by atoms with Crippen molar-refractivity contribution in [3.8, 4) is 0 Å². The number of aromatic nitrogens is 3. The molecule has 134 valence electrons. The zero-order valence-corrected chi connectivity index (χ0v) is 15.1.